The zero-order chi connectivity index (χ0) is 16.6. The van der Waals surface area contributed by atoms with E-state index in [-0.39, 0.29) is 17.4 Å². The van der Waals surface area contributed by atoms with Crippen LogP contribution in [-0.2, 0) is 21.9 Å². The van der Waals surface area contributed by atoms with Crippen LogP contribution in [0.1, 0.15) is 24.7 Å². The molecule has 2 atom stereocenters. The predicted octanol–water partition coefficient (Wildman–Crippen LogP) is 0.653. The molecule has 1 N–H and O–H groups in total. The van der Waals surface area contributed by atoms with Crippen LogP contribution in [0.15, 0.2) is 40.3 Å². The number of amides is 1. The average Bonchev–Trinajstić information content (AvgIpc) is 3.15. The Morgan fingerprint density at radius 2 is 2.17 bits per heavy atom. The van der Waals surface area contributed by atoms with Gasteiger partial charge in [-0.3, -0.25) is 4.79 Å². The van der Waals surface area contributed by atoms with Gasteiger partial charge in [-0.25, -0.2) is 18.1 Å². The van der Waals surface area contributed by atoms with Crippen LogP contribution in [-0.4, -0.2) is 41.9 Å². The maximum Gasteiger partial charge on any atom is 0.274 e. The molecule has 1 fully saturated rings. The van der Waals surface area contributed by atoms with Crippen molar-refractivity contribution in [2.45, 2.75) is 30.0 Å². The van der Waals surface area contributed by atoms with E-state index in [2.05, 4.69) is 9.71 Å². The van der Waals surface area contributed by atoms with E-state index in [0.717, 1.165) is 0 Å². The Kier molecular flexibility index (Phi) is 3.99. The summed E-state index contributed by atoms with van der Waals surface area (Å²) in [6.45, 7) is 0. The summed E-state index contributed by atoms with van der Waals surface area (Å²) >= 11 is 0. The zero-order valence-corrected chi connectivity index (χ0v) is 13.7. The number of aryl methyl sites for hydroxylation is 1. The zero-order valence-electron chi connectivity index (χ0n) is 12.8. The number of aromatic nitrogens is 2. The van der Waals surface area contributed by atoms with Crippen LogP contribution < -0.4 is 4.72 Å². The van der Waals surface area contributed by atoms with E-state index in [9.17, 15) is 13.2 Å². The Hall–Kier alpha value is -2.13. The molecule has 0 spiro atoms. The Morgan fingerprint density at radius 1 is 1.39 bits per heavy atom. The van der Waals surface area contributed by atoms with Gasteiger partial charge in [0.15, 0.2) is 0 Å². The Balaban J connectivity index is 1.93. The average molecular weight is 338 g/mol. The molecule has 0 aliphatic carbocycles. The number of piperidine rings is 1. The summed E-state index contributed by atoms with van der Waals surface area (Å²) in [5, 5.41) is -0.143. The molecule has 0 saturated carbocycles. The van der Waals surface area contributed by atoms with Crippen molar-refractivity contribution in [3.63, 3.8) is 0 Å². The molecule has 0 unspecified atom stereocenters. The van der Waals surface area contributed by atoms with E-state index in [0.29, 0.717) is 12.2 Å². The molecule has 3 rings (SSSR count). The minimum atomic E-state index is -3.79. The third kappa shape index (κ3) is 2.89. The lowest BCUT2D eigenvalue weighted by Crippen LogP contribution is -2.51. The Labute approximate surface area is 134 Å². The van der Waals surface area contributed by atoms with Crippen molar-refractivity contribution in [1.29, 1.82) is 0 Å². The van der Waals surface area contributed by atoms with Crippen LogP contribution in [0.5, 0.6) is 0 Å². The minimum absolute atomic E-state index is 0.0357. The van der Waals surface area contributed by atoms with Crippen LogP contribution in [0.3, 0.4) is 0 Å². The van der Waals surface area contributed by atoms with E-state index >= 15 is 0 Å². The van der Waals surface area contributed by atoms with E-state index in [4.69, 9.17) is 4.42 Å². The van der Waals surface area contributed by atoms with Crippen molar-refractivity contribution < 1.29 is 17.6 Å². The smallest absolute Gasteiger partial charge is 0.274 e. The molecule has 1 aliphatic rings. The van der Waals surface area contributed by atoms with Gasteiger partial charge in [0.05, 0.1) is 12.3 Å². The largest absolute Gasteiger partial charge is 0.452 e. The number of likely N-dealkylation sites (N-methyl/N-ethyl adjacent to an activating group) is 1. The predicted molar refractivity (Wildman–Crippen MR) is 80.8 cm³/mol. The van der Waals surface area contributed by atoms with Gasteiger partial charge in [-0.05, 0) is 18.6 Å². The summed E-state index contributed by atoms with van der Waals surface area (Å²) in [5.74, 6) is 0.596. The first-order chi connectivity index (χ1) is 10.9. The molecular formula is C14H18N4O4S. The molecule has 2 aromatic rings. The van der Waals surface area contributed by atoms with Gasteiger partial charge in [0.1, 0.15) is 11.9 Å². The van der Waals surface area contributed by atoms with Crippen molar-refractivity contribution >= 4 is 15.9 Å². The molecule has 23 heavy (non-hydrogen) atoms. The van der Waals surface area contributed by atoms with Crippen molar-refractivity contribution in [3.8, 4) is 0 Å². The first-order valence-electron chi connectivity index (χ1n) is 7.19. The van der Waals surface area contributed by atoms with Crippen molar-refractivity contribution in [2.24, 2.45) is 7.05 Å². The molecule has 2 aromatic heterocycles. The fraction of sp³-hybridized carbons (Fsp3) is 0.429. The van der Waals surface area contributed by atoms with Crippen molar-refractivity contribution in [1.82, 2.24) is 19.2 Å². The number of nitrogens with one attached hydrogen (secondary N) is 1. The first kappa shape index (κ1) is 15.8. The molecule has 1 amide bonds. The highest BCUT2D eigenvalue weighted by molar-refractivity contribution is 7.89. The monoisotopic (exact) mass is 338 g/mol. The number of rotatable bonds is 4. The SMILES string of the molecule is CN1C(=O)CC[C@@H](NS(=O)(=O)c2ccco2)[C@@H]1c1nccn1C. The summed E-state index contributed by atoms with van der Waals surface area (Å²) in [6.07, 6.45) is 5.38. The number of carbonyl (C=O) groups excluding carboxylic acids is 1. The summed E-state index contributed by atoms with van der Waals surface area (Å²) < 4.78 is 34.2. The lowest BCUT2D eigenvalue weighted by molar-refractivity contribution is -0.136. The van der Waals surface area contributed by atoms with Gasteiger partial charge in [-0.15, -0.1) is 0 Å². The number of nitrogens with zero attached hydrogens (tertiary/aromatic N) is 3. The number of furan rings is 1. The fourth-order valence-electron chi connectivity index (χ4n) is 2.85. The number of hydrogen-bond donors (Lipinski definition) is 1. The molecule has 9 heteroatoms. The van der Waals surface area contributed by atoms with Crippen LogP contribution in [0.2, 0.25) is 0 Å². The van der Waals surface area contributed by atoms with Gasteiger partial charge in [0, 0.05) is 32.9 Å². The lowest BCUT2D eigenvalue weighted by Gasteiger charge is -2.38. The fourth-order valence-corrected chi connectivity index (χ4v) is 4.05. The highest BCUT2D eigenvalue weighted by atomic mass is 32.2. The number of hydrogen-bond acceptors (Lipinski definition) is 5. The second-order valence-corrected chi connectivity index (χ2v) is 7.19. The summed E-state index contributed by atoms with van der Waals surface area (Å²) in [6, 6.07) is 1.95. The van der Waals surface area contributed by atoms with Crippen molar-refractivity contribution in [3.05, 3.63) is 36.6 Å². The van der Waals surface area contributed by atoms with Crippen molar-refractivity contribution in [2.75, 3.05) is 7.05 Å². The van der Waals surface area contributed by atoms with Gasteiger partial charge in [0.25, 0.3) is 10.0 Å². The van der Waals surface area contributed by atoms with Crippen LogP contribution in [0.4, 0.5) is 0 Å². The summed E-state index contributed by atoms with van der Waals surface area (Å²) in [5.41, 5.74) is 0. The van der Waals surface area contributed by atoms with Gasteiger partial charge in [-0.1, -0.05) is 0 Å². The van der Waals surface area contributed by atoms with Gasteiger partial charge >= 0.3 is 0 Å². The Bertz CT molecular complexity index is 797. The topological polar surface area (TPSA) is 97.4 Å². The van der Waals surface area contributed by atoms with E-state index in [1.807, 2.05) is 7.05 Å². The normalized spacial score (nSPS) is 22.5. The molecule has 1 saturated heterocycles. The van der Waals surface area contributed by atoms with Gasteiger partial charge in [-0.2, -0.15) is 0 Å². The molecule has 0 radical (unpaired) electrons. The van der Waals surface area contributed by atoms with E-state index in [1.165, 1.54) is 18.4 Å². The number of likely N-dealkylation sites (tertiary alicyclic amines) is 1. The standard InChI is InChI=1S/C14H18N4O4S/c1-17-8-7-15-14(17)13-10(5-6-11(19)18(13)2)16-23(20,21)12-4-3-9-22-12/h3-4,7-10,13,16H,5-6H2,1-2H3/t10-,13-/m1/s1. The quantitative estimate of drug-likeness (QED) is 0.883. The lowest BCUT2D eigenvalue weighted by atomic mass is 9.96. The van der Waals surface area contributed by atoms with Gasteiger partial charge in [0.2, 0.25) is 11.0 Å². The van der Waals surface area contributed by atoms with Crippen LogP contribution in [0.25, 0.3) is 0 Å². The highest BCUT2D eigenvalue weighted by Crippen LogP contribution is 2.30. The second-order valence-electron chi connectivity index (χ2n) is 5.54. The van der Waals surface area contributed by atoms with Crippen LogP contribution in [0, 0.1) is 0 Å². The molecular weight excluding hydrogens is 320 g/mol. The summed E-state index contributed by atoms with van der Waals surface area (Å²) in [4.78, 5) is 17.9. The number of imidazole rings is 1. The molecule has 8 nitrogen and oxygen atoms in total. The van der Waals surface area contributed by atoms with E-state index in [1.54, 1.807) is 28.9 Å². The number of sulfonamides is 1. The third-order valence-electron chi connectivity index (χ3n) is 4.05. The third-order valence-corrected chi connectivity index (χ3v) is 5.43. The minimum Gasteiger partial charge on any atom is -0.452 e. The maximum absolute atomic E-state index is 12.4. The Morgan fingerprint density at radius 3 is 2.78 bits per heavy atom. The molecule has 3 heterocycles. The van der Waals surface area contributed by atoms with E-state index < -0.39 is 22.1 Å². The number of carbonyl (C=O) groups is 1. The maximum atomic E-state index is 12.4. The molecule has 0 aromatic carbocycles. The molecule has 0 bridgehead atoms. The second kappa shape index (κ2) is 5.82. The summed E-state index contributed by atoms with van der Waals surface area (Å²) in [7, 11) is -0.311. The van der Waals surface area contributed by atoms with Gasteiger partial charge < -0.3 is 13.9 Å². The highest BCUT2D eigenvalue weighted by Gasteiger charge is 2.39. The molecule has 1 aliphatic heterocycles. The first-order valence-corrected chi connectivity index (χ1v) is 8.67. The molecule has 124 valence electrons. The van der Waals surface area contributed by atoms with Crippen LogP contribution >= 0.6 is 0 Å².